The minimum Gasteiger partial charge on any atom is -0.495 e. The Bertz CT molecular complexity index is 1330. The molecule has 6 nitrogen and oxygen atoms in total. The van der Waals surface area contributed by atoms with Crippen LogP contribution in [0.1, 0.15) is 16.7 Å². The summed E-state index contributed by atoms with van der Waals surface area (Å²) in [4.78, 5) is 4.56. The van der Waals surface area contributed by atoms with Crippen molar-refractivity contribution in [3.05, 3.63) is 89.4 Å². The maximum Gasteiger partial charge on any atom is 0.163 e. The summed E-state index contributed by atoms with van der Waals surface area (Å²) < 4.78 is 21.0. The van der Waals surface area contributed by atoms with Crippen molar-refractivity contribution in [2.24, 2.45) is 10.7 Å². The van der Waals surface area contributed by atoms with E-state index in [4.69, 9.17) is 16.2 Å². The van der Waals surface area contributed by atoms with E-state index in [-0.39, 0.29) is 5.82 Å². The van der Waals surface area contributed by atoms with E-state index in [1.807, 2.05) is 42.6 Å². The first-order valence-corrected chi connectivity index (χ1v) is 9.89. The van der Waals surface area contributed by atoms with Gasteiger partial charge in [-0.05, 0) is 47.5 Å². The molecule has 1 unspecified atom stereocenters. The van der Waals surface area contributed by atoms with E-state index in [0.717, 1.165) is 33.3 Å². The van der Waals surface area contributed by atoms with E-state index in [1.54, 1.807) is 31.6 Å². The van der Waals surface area contributed by atoms with Gasteiger partial charge in [-0.25, -0.2) is 9.38 Å². The van der Waals surface area contributed by atoms with Gasteiger partial charge in [0.2, 0.25) is 0 Å². The number of rotatable bonds is 4. The number of methoxy groups -OCH3 is 1. The molecule has 1 atom stereocenters. The third kappa shape index (κ3) is 3.19. The molecule has 0 saturated carbocycles. The number of nitrogens with one attached hydrogen (secondary N) is 1. The molecule has 5 N–H and O–H groups in total. The number of nitrogens with two attached hydrogens (primary N) is 2. The van der Waals surface area contributed by atoms with Gasteiger partial charge in [-0.1, -0.05) is 18.2 Å². The predicted octanol–water partition coefficient (Wildman–Crippen LogP) is 4.03. The molecule has 2 heterocycles. The first kappa shape index (κ1) is 19.1. The van der Waals surface area contributed by atoms with Gasteiger partial charge in [0.1, 0.15) is 11.6 Å². The number of benzene rings is 3. The van der Waals surface area contributed by atoms with Crippen molar-refractivity contribution in [3.63, 3.8) is 0 Å². The Morgan fingerprint density at radius 1 is 1.13 bits per heavy atom. The zero-order chi connectivity index (χ0) is 21.6. The molecule has 5 rings (SSSR count). The lowest BCUT2D eigenvalue weighted by Gasteiger charge is -2.32. The summed E-state index contributed by atoms with van der Waals surface area (Å²) >= 11 is 0. The summed E-state index contributed by atoms with van der Waals surface area (Å²) in [6.07, 6.45) is 3.59. The molecular formula is C24H22FN5O. The monoisotopic (exact) mass is 415 g/mol. The summed E-state index contributed by atoms with van der Waals surface area (Å²) in [6, 6.07) is 18.3. The fourth-order valence-corrected chi connectivity index (χ4v) is 4.12. The van der Waals surface area contributed by atoms with Gasteiger partial charge in [-0.15, -0.1) is 0 Å². The van der Waals surface area contributed by atoms with Gasteiger partial charge >= 0.3 is 0 Å². The van der Waals surface area contributed by atoms with Crippen molar-refractivity contribution in [2.45, 2.75) is 12.2 Å². The summed E-state index contributed by atoms with van der Waals surface area (Å²) in [7, 11) is 1.58. The van der Waals surface area contributed by atoms with Crippen LogP contribution in [0.25, 0.3) is 10.9 Å². The Balaban J connectivity index is 1.55. The van der Waals surface area contributed by atoms with Crippen LogP contribution in [0.2, 0.25) is 0 Å². The van der Waals surface area contributed by atoms with E-state index in [2.05, 4.69) is 14.9 Å². The minimum atomic E-state index is -1.08. The third-order valence-corrected chi connectivity index (χ3v) is 5.72. The van der Waals surface area contributed by atoms with Crippen LogP contribution in [0.15, 0.2) is 71.9 Å². The molecule has 0 aliphatic carbocycles. The fourth-order valence-electron chi connectivity index (χ4n) is 4.12. The molecule has 0 amide bonds. The molecule has 0 spiro atoms. The Kier molecular flexibility index (Phi) is 4.41. The molecule has 156 valence electrons. The smallest absolute Gasteiger partial charge is 0.163 e. The van der Waals surface area contributed by atoms with Gasteiger partial charge in [-0.2, -0.15) is 0 Å². The lowest BCUT2D eigenvalue weighted by Crippen LogP contribution is -2.39. The molecule has 0 fully saturated rings. The Hall–Kier alpha value is -3.84. The van der Waals surface area contributed by atoms with Crippen molar-refractivity contribution in [2.75, 3.05) is 18.2 Å². The number of nitrogens with zero attached hydrogens (tertiary/aromatic N) is 2. The molecule has 0 radical (unpaired) electrons. The number of fused-ring (bicyclic) bond motifs is 2. The standard InChI is InChI=1S/C24H22FN5O/c1-31-23-12-21-19(11-20(23)26)24(27,29-14-28-21)17-5-6-22-16(10-17)7-8-30(22)13-15-3-2-4-18(25)9-15/h2-12,14H,13,26-27H2,1H3,(H,28,29). The number of ether oxygens (including phenoxy) is 1. The number of anilines is 2. The van der Waals surface area contributed by atoms with E-state index < -0.39 is 5.66 Å². The largest absolute Gasteiger partial charge is 0.495 e. The predicted molar refractivity (Wildman–Crippen MR) is 122 cm³/mol. The van der Waals surface area contributed by atoms with Crippen LogP contribution in [0.3, 0.4) is 0 Å². The SMILES string of the molecule is COc1cc2c(cc1N)C(N)(c1ccc3c(ccn3Cc3cccc(F)c3)c1)N=CN2. The Labute approximate surface area is 179 Å². The topological polar surface area (TPSA) is 90.6 Å². The Morgan fingerprint density at radius 2 is 2.00 bits per heavy atom. The number of nitrogen functional groups attached to an aromatic ring is 1. The number of hydrogen-bond acceptors (Lipinski definition) is 5. The lowest BCUT2D eigenvalue weighted by atomic mass is 9.89. The van der Waals surface area contributed by atoms with E-state index in [0.29, 0.717) is 18.0 Å². The van der Waals surface area contributed by atoms with Crippen molar-refractivity contribution < 1.29 is 9.13 Å². The number of aromatic nitrogens is 1. The third-order valence-electron chi connectivity index (χ3n) is 5.72. The fraction of sp³-hybridized carbons (Fsp3) is 0.125. The van der Waals surface area contributed by atoms with Gasteiger partial charge in [0.15, 0.2) is 5.66 Å². The van der Waals surface area contributed by atoms with Gasteiger partial charge in [0.25, 0.3) is 0 Å². The average molecular weight is 415 g/mol. The van der Waals surface area contributed by atoms with Crippen molar-refractivity contribution >= 4 is 28.6 Å². The highest BCUT2D eigenvalue weighted by molar-refractivity contribution is 5.86. The molecule has 1 aliphatic rings. The summed E-state index contributed by atoms with van der Waals surface area (Å²) in [6.45, 7) is 0.579. The second-order valence-electron chi connectivity index (χ2n) is 7.66. The van der Waals surface area contributed by atoms with Crippen molar-refractivity contribution in [1.29, 1.82) is 0 Å². The first-order valence-electron chi connectivity index (χ1n) is 9.89. The van der Waals surface area contributed by atoms with Crippen LogP contribution in [0, 0.1) is 5.82 Å². The summed E-state index contributed by atoms with van der Waals surface area (Å²) in [5.41, 5.74) is 16.7. The number of aliphatic imine (C=N–C) groups is 1. The number of hydrogen-bond donors (Lipinski definition) is 3. The molecule has 3 aromatic carbocycles. The molecule has 1 aliphatic heterocycles. The highest BCUT2D eigenvalue weighted by Gasteiger charge is 2.34. The quantitative estimate of drug-likeness (QED) is 0.439. The summed E-state index contributed by atoms with van der Waals surface area (Å²) in [5, 5.41) is 4.14. The molecule has 4 aromatic rings. The molecule has 0 bridgehead atoms. The first-order chi connectivity index (χ1) is 15.0. The van der Waals surface area contributed by atoms with Gasteiger partial charge in [0.05, 0.1) is 24.8 Å². The van der Waals surface area contributed by atoms with Crippen LogP contribution in [-0.4, -0.2) is 18.0 Å². The van der Waals surface area contributed by atoms with Crippen LogP contribution >= 0.6 is 0 Å². The van der Waals surface area contributed by atoms with E-state index >= 15 is 0 Å². The van der Waals surface area contributed by atoms with Gasteiger partial charge in [-0.3, -0.25) is 5.73 Å². The second kappa shape index (κ2) is 7.14. The zero-order valence-corrected chi connectivity index (χ0v) is 17.0. The molecule has 0 saturated heterocycles. The highest BCUT2D eigenvalue weighted by Crippen LogP contribution is 2.41. The van der Waals surface area contributed by atoms with Gasteiger partial charge < -0.3 is 20.4 Å². The van der Waals surface area contributed by atoms with Crippen molar-refractivity contribution in [1.82, 2.24) is 4.57 Å². The molecule has 1 aromatic heterocycles. The Morgan fingerprint density at radius 3 is 2.81 bits per heavy atom. The lowest BCUT2D eigenvalue weighted by molar-refractivity contribution is 0.416. The van der Waals surface area contributed by atoms with Crippen LogP contribution in [0.4, 0.5) is 15.8 Å². The molecule has 7 heteroatoms. The number of halogens is 1. The van der Waals surface area contributed by atoms with E-state index in [1.165, 1.54) is 6.07 Å². The average Bonchev–Trinajstić information content (AvgIpc) is 3.16. The maximum absolute atomic E-state index is 13.5. The second-order valence-corrected chi connectivity index (χ2v) is 7.66. The maximum atomic E-state index is 13.5. The van der Waals surface area contributed by atoms with Gasteiger partial charge in [0, 0.05) is 35.3 Å². The normalized spacial score (nSPS) is 17.4. The molecule has 31 heavy (non-hydrogen) atoms. The van der Waals surface area contributed by atoms with Crippen LogP contribution in [-0.2, 0) is 12.2 Å². The highest BCUT2D eigenvalue weighted by atomic mass is 19.1. The minimum absolute atomic E-state index is 0.236. The zero-order valence-electron chi connectivity index (χ0n) is 17.0. The molecular weight excluding hydrogens is 393 g/mol. The van der Waals surface area contributed by atoms with E-state index in [9.17, 15) is 4.39 Å². The van der Waals surface area contributed by atoms with Crippen molar-refractivity contribution in [3.8, 4) is 5.75 Å². The van der Waals surface area contributed by atoms with Crippen LogP contribution in [0.5, 0.6) is 5.75 Å². The van der Waals surface area contributed by atoms with Crippen LogP contribution < -0.4 is 21.5 Å². The summed E-state index contributed by atoms with van der Waals surface area (Å²) in [5.74, 6) is 0.341.